The van der Waals surface area contributed by atoms with Crippen LogP contribution in [0.25, 0.3) is 11.1 Å². The van der Waals surface area contributed by atoms with Gasteiger partial charge in [-0.3, -0.25) is 9.59 Å². The topological polar surface area (TPSA) is 95.6 Å². The molecule has 1 saturated carbocycles. The van der Waals surface area contributed by atoms with Crippen LogP contribution in [0.15, 0.2) is 64.3 Å². The van der Waals surface area contributed by atoms with Crippen molar-refractivity contribution in [3.63, 3.8) is 0 Å². The molecule has 0 radical (unpaired) electrons. The van der Waals surface area contributed by atoms with E-state index in [4.69, 9.17) is 9.47 Å². The van der Waals surface area contributed by atoms with Crippen molar-refractivity contribution in [1.29, 1.82) is 0 Å². The minimum atomic E-state index is -1.14. The van der Waals surface area contributed by atoms with Gasteiger partial charge in [0.15, 0.2) is 0 Å². The monoisotopic (exact) mass is 587 g/mol. The Hall–Kier alpha value is -4.24. The molecule has 4 aromatic rings. The van der Waals surface area contributed by atoms with E-state index in [9.17, 15) is 19.1 Å². The van der Waals surface area contributed by atoms with Crippen molar-refractivity contribution >= 4 is 0 Å². The predicted octanol–water partition coefficient (Wildman–Crippen LogP) is 6.26. The minimum absolute atomic E-state index is 0.0129. The fraction of sp³-hybridized carbons (Fsp3) is 0.382. The van der Waals surface area contributed by atoms with Crippen LogP contribution in [-0.4, -0.2) is 25.6 Å². The Labute approximate surface area is 250 Å². The van der Waals surface area contributed by atoms with E-state index in [1.54, 1.807) is 69.9 Å². The first kappa shape index (κ1) is 30.2. The van der Waals surface area contributed by atoms with Gasteiger partial charge >= 0.3 is 0 Å². The second kappa shape index (κ2) is 11.8. The molecule has 2 heterocycles. The third-order valence-corrected chi connectivity index (χ3v) is 8.05. The molecule has 1 fully saturated rings. The van der Waals surface area contributed by atoms with Crippen molar-refractivity contribution in [1.82, 2.24) is 14.3 Å². The van der Waals surface area contributed by atoms with E-state index in [1.807, 2.05) is 13.0 Å². The fourth-order valence-electron chi connectivity index (χ4n) is 5.66. The number of halogens is 1. The maximum atomic E-state index is 14.0. The van der Waals surface area contributed by atoms with Crippen LogP contribution >= 0.6 is 0 Å². The zero-order valence-electron chi connectivity index (χ0n) is 25.5. The van der Waals surface area contributed by atoms with Gasteiger partial charge in [0.1, 0.15) is 23.1 Å². The largest absolute Gasteiger partial charge is 0.490 e. The number of rotatable bonds is 7. The first-order valence-electron chi connectivity index (χ1n) is 14.6. The van der Waals surface area contributed by atoms with Crippen molar-refractivity contribution < 1.29 is 19.0 Å². The molecule has 8 nitrogen and oxygen atoms in total. The van der Waals surface area contributed by atoms with Crippen LogP contribution in [0.3, 0.4) is 0 Å². The number of hydrogen-bond acceptors (Lipinski definition) is 6. The second-order valence-electron chi connectivity index (χ2n) is 12.0. The molecule has 5 rings (SSSR count). The number of aliphatic hydroxyl groups is 1. The fourth-order valence-corrected chi connectivity index (χ4v) is 5.66. The normalized spacial score (nSPS) is 17.1. The van der Waals surface area contributed by atoms with E-state index in [0.717, 1.165) is 5.69 Å². The minimum Gasteiger partial charge on any atom is -0.490 e. The summed E-state index contributed by atoms with van der Waals surface area (Å²) in [5.74, 6) is 1.07. The van der Waals surface area contributed by atoms with Crippen LogP contribution < -0.4 is 20.6 Å². The summed E-state index contributed by atoms with van der Waals surface area (Å²) in [6.45, 7) is 8.84. The van der Waals surface area contributed by atoms with Gasteiger partial charge < -0.3 is 19.1 Å². The average Bonchev–Trinajstić information content (AvgIpc) is 2.94. The Balaban J connectivity index is 1.52. The first-order chi connectivity index (χ1) is 20.3. The third kappa shape index (κ3) is 6.57. The number of ether oxygens (including phenoxy) is 2. The molecule has 1 aliphatic carbocycles. The Bertz CT molecular complexity index is 1760. The highest BCUT2D eigenvalue weighted by Gasteiger charge is 2.27. The molecule has 1 aliphatic rings. The average molecular weight is 588 g/mol. The van der Waals surface area contributed by atoms with E-state index in [2.05, 4.69) is 5.10 Å². The molecule has 9 heteroatoms. The number of aromatic nitrogens is 3. The standard InChI is InChI=1S/C34H38FN3O5/c1-20-15-24(35)16-21(2)33(20)43-29-13-8-23(34(4,5)41)17-27(29)28-19-37(6)32(40)18-30(28)42-26-11-9-25(10-12-26)38-31(39)14-7-22(3)36-38/h7-8,13-19,25-26,41H,9-12H2,1-6H3/t25-,26-. The van der Waals surface area contributed by atoms with Crippen LogP contribution in [0.1, 0.15) is 68.0 Å². The Morgan fingerprint density at radius 1 is 0.884 bits per heavy atom. The second-order valence-corrected chi connectivity index (χ2v) is 12.0. The van der Waals surface area contributed by atoms with Gasteiger partial charge in [-0.2, -0.15) is 5.10 Å². The number of aryl methyl sites for hydroxylation is 4. The van der Waals surface area contributed by atoms with Crippen LogP contribution in [0, 0.1) is 26.6 Å². The quantitative estimate of drug-likeness (QED) is 0.274. The van der Waals surface area contributed by atoms with Gasteiger partial charge in [0.2, 0.25) is 0 Å². The molecule has 2 aromatic carbocycles. The summed E-state index contributed by atoms with van der Waals surface area (Å²) in [6.07, 6.45) is 4.33. The zero-order valence-corrected chi connectivity index (χ0v) is 25.5. The van der Waals surface area contributed by atoms with Gasteiger partial charge in [-0.1, -0.05) is 6.07 Å². The molecular weight excluding hydrogens is 549 g/mol. The lowest BCUT2D eigenvalue weighted by Crippen LogP contribution is -2.33. The summed E-state index contributed by atoms with van der Waals surface area (Å²) in [7, 11) is 1.67. The molecule has 0 saturated heterocycles. The third-order valence-electron chi connectivity index (χ3n) is 8.05. The van der Waals surface area contributed by atoms with E-state index in [0.29, 0.717) is 70.7 Å². The lowest BCUT2D eigenvalue weighted by molar-refractivity contribution is 0.0786. The number of hydrogen-bond donors (Lipinski definition) is 1. The highest BCUT2D eigenvalue weighted by atomic mass is 19.1. The molecule has 0 spiro atoms. The molecule has 43 heavy (non-hydrogen) atoms. The summed E-state index contributed by atoms with van der Waals surface area (Å²) in [5, 5.41) is 15.3. The number of pyridine rings is 1. The van der Waals surface area contributed by atoms with E-state index in [-0.39, 0.29) is 29.1 Å². The van der Waals surface area contributed by atoms with Crippen molar-refractivity contribution in [2.45, 2.75) is 78.0 Å². The molecule has 0 unspecified atom stereocenters. The summed E-state index contributed by atoms with van der Waals surface area (Å²) in [4.78, 5) is 25.2. The maximum Gasteiger partial charge on any atom is 0.267 e. The van der Waals surface area contributed by atoms with Crippen molar-refractivity contribution in [3.8, 4) is 28.4 Å². The molecule has 0 aliphatic heterocycles. The van der Waals surface area contributed by atoms with Gasteiger partial charge in [-0.15, -0.1) is 0 Å². The summed E-state index contributed by atoms with van der Waals surface area (Å²) < 4.78 is 30.0. The summed E-state index contributed by atoms with van der Waals surface area (Å²) in [6, 6.07) is 13.0. The number of benzene rings is 2. The highest BCUT2D eigenvalue weighted by molar-refractivity contribution is 5.76. The molecule has 0 bridgehead atoms. The highest BCUT2D eigenvalue weighted by Crippen LogP contribution is 2.42. The maximum absolute atomic E-state index is 14.0. The smallest absolute Gasteiger partial charge is 0.267 e. The summed E-state index contributed by atoms with van der Waals surface area (Å²) in [5.41, 5.74) is 2.49. The van der Waals surface area contributed by atoms with E-state index >= 15 is 0 Å². The molecule has 2 aromatic heterocycles. The summed E-state index contributed by atoms with van der Waals surface area (Å²) >= 11 is 0. The molecular formula is C34H38FN3O5. The van der Waals surface area contributed by atoms with E-state index < -0.39 is 5.60 Å². The Kier molecular flexibility index (Phi) is 8.29. The molecule has 226 valence electrons. The lowest BCUT2D eigenvalue weighted by Gasteiger charge is -2.30. The van der Waals surface area contributed by atoms with Crippen molar-refractivity contribution in [2.75, 3.05) is 0 Å². The van der Waals surface area contributed by atoms with Gasteiger partial charge in [0.05, 0.1) is 23.4 Å². The van der Waals surface area contributed by atoms with Gasteiger partial charge in [-0.05, 0) is 107 Å². The van der Waals surface area contributed by atoms with Crippen LogP contribution in [0.4, 0.5) is 4.39 Å². The zero-order chi connectivity index (χ0) is 31.1. The van der Waals surface area contributed by atoms with Crippen molar-refractivity contribution in [3.05, 3.63) is 104 Å². The van der Waals surface area contributed by atoms with Crippen LogP contribution in [-0.2, 0) is 12.6 Å². The number of nitrogens with zero attached hydrogens (tertiary/aromatic N) is 3. The van der Waals surface area contributed by atoms with Crippen molar-refractivity contribution in [2.24, 2.45) is 7.05 Å². The van der Waals surface area contributed by atoms with Gasteiger partial charge in [0, 0.05) is 36.5 Å². The van der Waals surface area contributed by atoms with Gasteiger partial charge in [0.25, 0.3) is 11.1 Å². The van der Waals surface area contributed by atoms with Gasteiger partial charge in [-0.25, -0.2) is 9.07 Å². The predicted molar refractivity (Wildman–Crippen MR) is 163 cm³/mol. The SMILES string of the molecule is Cc1ccc(=O)n([C@H]2CC[C@H](Oc3cc(=O)n(C)cc3-c3cc(C(C)(C)O)ccc3Oc3c(C)cc(F)cc3C)CC2)n1. The van der Waals surface area contributed by atoms with E-state index in [1.165, 1.54) is 22.8 Å². The molecule has 1 N–H and O–H groups in total. The Morgan fingerprint density at radius 3 is 2.21 bits per heavy atom. The lowest BCUT2D eigenvalue weighted by atomic mass is 9.92. The Morgan fingerprint density at radius 2 is 1.56 bits per heavy atom. The molecule has 0 amide bonds. The first-order valence-corrected chi connectivity index (χ1v) is 14.6. The molecule has 0 atom stereocenters. The van der Waals surface area contributed by atoms with Crippen LogP contribution in [0.2, 0.25) is 0 Å². The van der Waals surface area contributed by atoms with Crippen LogP contribution in [0.5, 0.6) is 17.2 Å².